The summed E-state index contributed by atoms with van der Waals surface area (Å²) in [5.74, 6) is 0.568. The molecule has 0 bridgehead atoms. The van der Waals surface area contributed by atoms with Gasteiger partial charge < -0.3 is 14.6 Å². The van der Waals surface area contributed by atoms with Gasteiger partial charge in [0.1, 0.15) is 5.76 Å². The van der Waals surface area contributed by atoms with Gasteiger partial charge in [-0.1, -0.05) is 0 Å². The average molecular weight is 261 g/mol. The highest BCUT2D eigenvalue weighted by Gasteiger charge is 2.12. The maximum atomic E-state index is 11.0. The van der Waals surface area contributed by atoms with E-state index in [4.69, 9.17) is 9.56 Å². The average Bonchev–Trinajstić information content (AvgIpc) is 2.64. The molecule has 0 aliphatic rings. The normalized spacial score (nSPS) is 12.2. The second-order valence-electron chi connectivity index (χ2n) is 4.10. The fraction of sp³-hybridized carbons (Fsp3) is 0.600. The highest BCUT2D eigenvalue weighted by Crippen LogP contribution is 2.11. The van der Waals surface area contributed by atoms with Gasteiger partial charge in [0.2, 0.25) is 5.09 Å². The maximum absolute atomic E-state index is 11.0. The molecule has 0 aliphatic carbocycles. The van der Waals surface area contributed by atoms with Gasteiger partial charge in [-0.05, 0) is 45.7 Å². The second kappa shape index (κ2) is 6.15. The first-order valence-electron chi connectivity index (χ1n) is 5.36. The van der Waals surface area contributed by atoms with E-state index in [2.05, 4.69) is 10.2 Å². The van der Waals surface area contributed by atoms with E-state index in [9.17, 15) is 8.42 Å². The number of furan rings is 1. The molecule has 0 amide bonds. The Morgan fingerprint density at radius 1 is 1.41 bits per heavy atom. The Balaban J connectivity index is 2.31. The third kappa shape index (κ3) is 5.31. The lowest BCUT2D eigenvalue weighted by atomic mass is 10.4. The zero-order chi connectivity index (χ0) is 12.9. The summed E-state index contributed by atoms with van der Waals surface area (Å²) >= 11 is 0. The fourth-order valence-electron chi connectivity index (χ4n) is 1.34. The van der Waals surface area contributed by atoms with Gasteiger partial charge in [0, 0.05) is 0 Å². The SMILES string of the molecule is CN(C)CCCNCc1ccc(S(N)(=O)=O)o1. The van der Waals surface area contributed by atoms with Gasteiger partial charge in [-0.2, -0.15) is 0 Å². The zero-order valence-electron chi connectivity index (χ0n) is 10.1. The van der Waals surface area contributed by atoms with Gasteiger partial charge >= 0.3 is 0 Å². The lowest BCUT2D eigenvalue weighted by Crippen LogP contribution is -2.20. The van der Waals surface area contributed by atoms with Gasteiger partial charge in [0.05, 0.1) is 6.54 Å². The Kier molecular flexibility index (Phi) is 5.13. The zero-order valence-corrected chi connectivity index (χ0v) is 11.0. The summed E-state index contributed by atoms with van der Waals surface area (Å²) in [6.45, 7) is 2.36. The Hall–Kier alpha value is -0.890. The quantitative estimate of drug-likeness (QED) is 0.673. The number of sulfonamides is 1. The van der Waals surface area contributed by atoms with Crippen LogP contribution in [0.5, 0.6) is 0 Å². The topological polar surface area (TPSA) is 88.6 Å². The molecule has 3 N–H and O–H groups in total. The maximum Gasteiger partial charge on any atom is 0.271 e. The standard InChI is InChI=1S/C10H19N3O3S/c1-13(2)7-3-6-12-8-9-4-5-10(16-9)17(11,14)15/h4-5,12H,3,6-8H2,1-2H3,(H2,11,14,15). The van der Waals surface area contributed by atoms with Crippen molar-refractivity contribution in [3.63, 3.8) is 0 Å². The smallest absolute Gasteiger partial charge is 0.271 e. The van der Waals surface area contributed by atoms with Crippen LogP contribution in [0.15, 0.2) is 21.6 Å². The molecule has 17 heavy (non-hydrogen) atoms. The van der Waals surface area contributed by atoms with Crippen LogP contribution in [0, 0.1) is 0 Å². The molecule has 0 atom stereocenters. The highest BCUT2D eigenvalue weighted by atomic mass is 32.2. The van der Waals surface area contributed by atoms with Crippen LogP contribution in [-0.4, -0.2) is 40.5 Å². The van der Waals surface area contributed by atoms with E-state index in [0.29, 0.717) is 12.3 Å². The van der Waals surface area contributed by atoms with Gasteiger partial charge in [0.25, 0.3) is 10.0 Å². The molecule has 1 rings (SSSR count). The fourth-order valence-corrected chi connectivity index (χ4v) is 1.82. The van der Waals surface area contributed by atoms with Crippen LogP contribution in [-0.2, 0) is 16.6 Å². The van der Waals surface area contributed by atoms with Crippen LogP contribution in [0.3, 0.4) is 0 Å². The van der Waals surface area contributed by atoms with Crippen molar-refractivity contribution in [2.75, 3.05) is 27.2 Å². The predicted octanol–water partition coefficient (Wildman–Crippen LogP) is -0.0317. The van der Waals surface area contributed by atoms with Crippen molar-refractivity contribution < 1.29 is 12.8 Å². The highest BCUT2D eigenvalue weighted by molar-refractivity contribution is 7.89. The predicted molar refractivity (Wildman–Crippen MR) is 65.0 cm³/mol. The third-order valence-corrected chi connectivity index (χ3v) is 2.96. The van der Waals surface area contributed by atoms with Crippen LogP contribution in [0.25, 0.3) is 0 Å². The Morgan fingerprint density at radius 3 is 2.65 bits per heavy atom. The van der Waals surface area contributed by atoms with Crippen molar-refractivity contribution in [3.05, 3.63) is 17.9 Å². The van der Waals surface area contributed by atoms with E-state index in [-0.39, 0.29) is 5.09 Å². The number of hydrogen-bond donors (Lipinski definition) is 2. The molecule has 7 heteroatoms. The summed E-state index contributed by atoms with van der Waals surface area (Å²) in [6.07, 6.45) is 1.02. The van der Waals surface area contributed by atoms with Crippen LogP contribution < -0.4 is 10.5 Å². The largest absolute Gasteiger partial charge is 0.447 e. The van der Waals surface area contributed by atoms with Crippen LogP contribution in [0.1, 0.15) is 12.2 Å². The minimum Gasteiger partial charge on any atom is -0.447 e. The number of hydrogen-bond acceptors (Lipinski definition) is 5. The van der Waals surface area contributed by atoms with Crippen molar-refractivity contribution >= 4 is 10.0 Å². The van der Waals surface area contributed by atoms with E-state index < -0.39 is 10.0 Å². The number of nitrogens with one attached hydrogen (secondary N) is 1. The van der Waals surface area contributed by atoms with E-state index >= 15 is 0 Å². The Bertz CT molecular complexity index is 439. The summed E-state index contributed by atoms with van der Waals surface area (Å²) in [5, 5.41) is 7.91. The number of primary sulfonamides is 1. The minimum absolute atomic E-state index is 0.192. The van der Waals surface area contributed by atoms with Gasteiger partial charge in [0.15, 0.2) is 0 Å². The molecular weight excluding hydrogens is 242 g/mol. The first kappa shape index (κ1) is 14.2. The summed E-state index contributed by atoms with van der Waals surface area (Å²) in [7, 11) is 0.308. The Morgan fingerprint density at radius 2 is 2.12 bits per heavy atom. The molecule has 0 saturated heterocycles. The molecule has 0 fully saturated rings. The molecule has 0 saturated carbocycles. The van der Waals surface area contributed by atoms with Gasteiger partial charge in [-0.15, -0.1) is 0 Å². The van der Waals surface area contributed by atoms with Crippen molar-refractivity contribution in [1.82, 2.24) is 10.2 Å². The van der Waals surface area contributed by atoms with E-state index in [1.165, 1.54) is 6.07 Å². The monoisotopic (exact) mass is 261 g/mol. The van der Waals surface area contributed by atoms with Crippen molar-refractivity contribution in [3.8, 4) is 0 Å². The van der Waals surface area contributed by atoms with Crippen molar-refractivity contribution in [2.24, 2.45) is 5.14 Å². The second-order valence-corrected chi connectivity index (χ2v) is 5.59. The molecule has 1 heterocycles. The van der Waals surface area contributed by atoms with Gasteiger partial charge in [-0.25, -0.2) is 13.6 Å². The molecule has 0 radical (unpaired) electrons. The molecule has 1 aromatic heterocycles. The van der Waals surface area contributed by atoms with E-state index in [1.54, 1.807) is 6.07 Å². The first-order chi connectivity index (χ1) is 7.89. The van der Waals surface area contributed by atoms with Crippen LogP contribution in [0.2, 0.25) is 0 Å². The number of nitrogens with two attached hydrogens (primary N) is 1. The van der Waals surface area contributed by atoms with Gasteiger partial charge in [-0.3, -0.25) is 0 Å². The minimum atomic E-state index is -3.73. The molecular formula is C10H19N3O3S. The number of nitrogens with zero attached hydrogens (tertiary/aromatic N) is 1. The lowest BCUT2D eigenvalue weighted by molar-refractivity contribution is 0.380. The first-order valence-corrected chi connectivity index (χ1v) is 6.91. The van der Waals surface area contributed by atoms with Crippen molar-refractivity contribution in [2.45, 2.75) is 18.1 Å². The van der Waals surface area contributed by atoms with E-state index in [1.807, 2.05) is 14.1 Å². The lowest BCUT2D eigenvalue weighted by Gasteiger charge is -2.08. The summed E-state index contributed by atoms with van der Waals surface area (Å²) in [6, 6.07) is 2.98. The molecule has 98 valence electrons. The van der Waals surface area contributed by atoms with Crippen LogP contribution >= 0.6 is 0 Å². The number of rotatable bonds is 7. The Labute approximate surface area is 102 Å². The molecule has 1 aromatic rings. The van der Waals surface area contributed by atoms with Crippen LogP contribution in [0.4, 0.5) is 0 Å². The molecule has 6 nitrogen and oxygen atoms in total. The summed E-state index contributed by atoms with van der Waals surface area (Å²) in [4.78, 5) is 2.10. The van der Waals surface area contributed by atoms with E-state index in [0.717, 1.165) is 19.5 Å². The molecule has 0 unspecified atom stereocenters. The third-order valence-electron chi connectivity index (χ3n) is 2.18. The molecule has 0 aromatic carbocycles. The summed E-state index contributed by atoms with van der Waals surface area (Å²) < 4.78 is 27.0. The van der Waals surface area contributed by atoms with Crippen molar-refractivity contribution in [1.29, 1.82) is 0 Å². The summed E-state index contributed by atoms with van der Waals surface area (Å²) in [5.41, 5.74) is 0. The molecule has 0 aliphatic heterocycles. The molecule has 0 spiro atoms.